The lowest BCUT2D eigenvalue weighted by molar-refractivity contribution is 1.18. The normalized spacial score (nSPS) is 17.1. The lowest BCUT2D eigenvalue weighted by Gasteiger charge is -2.28. The Labute approximate surface area is 322 Å². The maximum absolute atomic E-state index is 9.98. The van der Waals surface area contributed by atoms with Crippen molar-refractivity contribution >= 4 is 38.9 Å². The van der Waals surface area contributed by atoms with Gasteiger partial charge in [-0.3, -0.25) is 0 Å². The Hall–Kier alpha value is -6.64. The second-order valence-corrected chi connectivity index (χ2v) is 11.0. The van der Waals surface area contributed by atoms with Gasteiger partial charge in [-0.05, 0) is 88.4 Å². The fraction of sp³-hybridized carbons (Fsp3) is 0. The van der Waals surface area contributed by atoms with Gasteiger partial charge in [-0.25, -0.2) is 0 Å². The van der Waals surface area contributed by atoms with E-state index in [2.05, 4.69) is 0 Å². The van der Waals surface area contributed by atoms with E-state index in [0.717, 1.165) is 22.7 Å². The van der Waals surface area contributed by atoms with Gasteiger partial charge >= 0.3 is 0 Å². The molecule has 0 radical (unpaired) electrons. The van der Waals surface area contributed by atoms with E-state index in [1.807, 2.05) is 59.2 Å². The van der Waals surface area contributed by atoms with Crippen LogP contribution in [0.4, 0.5) is 17.1 Å². The maximum atomic E-state index is 9.98. The lowest BCUT2D eigenvalue weighted by Crippen LogP contribution is -2.11. The number of aromatic nitrogens is 1. The minimum atomic E-state index is -1.09. The Bertz CT molecular complexity index is 3710. The molecule has 0 aliphatic rings. The van der Waals surface area contributed by atoms with Gasteiger partial charge in [-0.2, -0.15) is 0 Å². The average Bonchev–Trinajstić information content (AvgIpc) is 3.69. The van der Waals surface area contributed by atoms with Crippen LogP contribution in [0.5, 0.6) is 0 Å². The second-order valence-electron chi connectivity index (χ2n) is 11.0. The van der Waals surface area contributed by atoms with E-state index < -0.39 is 166 Å². The first-order chi connectivity index (χ1) is 33.5. The monoisotopic (exact) mass is 659 g/mol. The third kappa shape index (κ3) is 5.34. The van der Waals surface area contributed by atoms with Gasteiger partial charge in [0.2, 0.25) is 0 Å². The van der Waals surface area contributed by atoms with Gasteiger partial charge in [0, 0.05) is 33.4 Å². The molecule has 0 spiro atoms. The van der Waals surface area contributed by atoms with Crippen LogP contribution < -0.4 is 4.90 Å². The number of rotatable bonds is 7. The highest BCUT2D eigenvalue weighted by Crippen LogP contribution is 2.43. The SMILES string of the molecule is [2H]c1cc([2H])c(-c2c([2H])c([2H])c([2H])c([2H])c2[2H])c(N(c2c([2H])c([2H])c(-c3c([2H])c([2H])c([2H])c([2H])c3[2H])c([2H])c2[2H])c2c([2H])c([2H])c([2H])c(-c3ccc4c(c3)c3ccccc3n4-c3ccccc3)c2[2H])c1[2H]. The van der Waals surface area contributed by atoms with Gasteiger partial charge in [0.1, 0.15) is 0 Å². The smallest absolute Gasteiger partial charge is 0.0651 e. The fourth-order valence-electron chi connectivity index (χ4n) is 5.90. The Balaban J connectivity index is 1.45. The van der Waals surface area contributed by atoms with Crippen molar-refractivity contribution in [3.63, 3.8) is 0 Å². The first kappa shape index (κ1) is 14.9. The summed E-state index contributed by atoms with van der Waals surface area (Å²) in [5.74, 6) is 0. The molecular weight excluding hydrogens is 605 g/mol. The number of benzene rings is 8. The van der Waals surface area contributed by atoms with Crippen LogP contribution >= 0.6 is 0 Å². The molecule has 0 aliphatic carbocycles. The Morgan fingerprint density at radius 3 is 1.90 bits per heavy atom. The molecular formula is C48H34N2. The van der Waals surface area contributed by atoms with E-state index in [9.17, 15) is 13.7 Å². The van der Waals surface area contributed by atoms with Gasteiger partial charge in [-0.1, -0.05) is 145 Å². The lowest BCUT2D eigenvalue weighted by atomic mass is 9.99. The molecule has 0 bridgehead atoms. The zero-order valence-electron chi connectivity index (χ0n) is 46.9. The third-order valence-corrected chi connectivity index (χ3v) is 8.09. The molecule has 0 N–H and O–H groups in total. The van der Waals surface area contributed by atoms with Crippen LogP contribution in [-0.2, 0) is 0 Å². The molecule has 1 heterocycles. The molecule has 0 saturated carbocycles. The summed E-state index contributed by atoms with van der Waals surface area (Å²) in [7, 11) is 0. The van der Waals surface area contributed by atoms with Crippen LogP contribution in [0.2, 0.25) is 0 Å². The molecule has 0 atom stereocenters. The minimum absolute atomic E-state index is 0.154. The Morgan fingerprint density at radius 1 is 0.420 bits per heavy atom. The van der Waals surface area contributed by atoms with E-state index in [0.29, 0.717) is 15.8 Å². The first-order valence-corrected chi connectivity index (χ1v) is 15.4. The summed E-state index contributed by atoms with van der Waals surface area (Å²) in [6.45, 7) is 0. The third-order valence-electron chi connectivity index (χ3n) is 8.09. The van der Waals surface area contributed by atoms with Crippen molar-refractivity contribution in [2.24, 2.45) is 0 Å². The summed E-state index contributed by atoms with van der Waals surface area (Å²) < 4.78 is 190. The molecule has 9 rings (SSSR count). The summed E-state index contributed by atoms with van der Waals surface area (Å²) in [5, 5.41) is 1.40. The van der Waals surface area contributed by atoms with Crippen molar-refractivity contribution in [3.8, 4) is 39.1 Å². The standard InChI is InChI=1S/C48H34N2/c1-4-15-35(16-5-1)36-27-30-41(31-28-36)49(46-25-12-10-23-43(46)37-17-6-2-7-18-37)42-22-14-19-38(33-42)39-29-32-48-45(34-39)44-24-11-13-26-47(44)50(48)40-20-8-3-9-21-40/h1-34H/i1D,2D,4D,5D,6D,7D,12D,14D,15D,16D,17D,18D,19D,22D,23D,25D,27D,28D,30D,31D,33D. The quantitative estimate of drug-likeness (QED) is 0.165. The highest BCUT2D eigenvalue weighted by atomic mass is 15.1. The number of anilines is 3. The largest absolute Gasteiger partial charge is 0.310 e. The van der Waals surface area contributed by atoms with Crippen molar-refractivity contribution in [3.05, 3.63) is 206 Å². The van der Waals surface area contributed by atoms with Gasteiger partial charge in [-0.15, -0.1) is 0 Å². The molecule has 50 heavy (non-hydrogen) atoms. The molecule has 8 aromatic carbocycles. The van der Waals surface area contributed by atoms with Crippen LogP contribution in [0.3, 0.4) is 0 Å². The molecule has 0 unspecified atom stereocenters. The van der Waals surface area contributed by atoms with Crippen LogP contribution in [-0.4, -0.2) is 4.57 Å². The summed E-state index contributed by atoms with van der Waals surface area (Å²) >= 11 is 0. The summed E-state index contributed by atoms with van der Waals surface area (Å²) in [6, 6.07) is 4.19. The second kappa shape index (κ2) is 12.8. The van der Waals surface area contributed by atoms with Crippen molar-refractivity contribution in [1.82, 2.24) is 4.57 Å². The molecule has 0 saturated heterocycles. The zero-order valence-corrected chi connectivity index (χ0v) is 25.9. The highest BCUT2D eigenvalue weighted by molar-refractivity contribution is 6.10. The average molecular weight is 660 g/mol. The molecule has 2 heteroatoms. The van der Waals surface area contributed by atoms with Crippen molar-refractivity contribution in [2.75, 3.05) is 4.90 Å². The summed E-state index contributed by atoms with van der Waals surface area (Å²) in [6.07, 6.45) is 0. The van der Waals surface area contributed by atoms with Gasteiger partial charge in [0.25, 0.3) is 0 Å². The molecule has 9 aromatic rings. The van der Waals surface area contributed by atoms with Crippen LogP contribution in [0.1, 0.15) is 28.8 Å². The van der Waals surface area contributed by atoms with E-state index in [4.69, 9.17) is 15.1 Å². The Morgan fingerprint density at radius 2 is 1.10 bits per heavy atom. The number of nitrogens with zero attached hydrogens (tertiary/aromatic N) is 2. The maximum Gasteiger partial charge on any atom is 0.0651 e. The fourth-order valence-corrected chi connectivity index (χ4v) is 5.90. The van der Waals surface area contributed by atoms with Crippen LogP contribution in [0.25, 0.3) is 60.9 Å². The molecule has 2 nitrogen and oxygen atoms in total. The zero-order chi connectivity index (χ0) is 51.6. The summed E-state index contributed by atoms with van der Waals surface area (Å²) in [4.78, 5) is 0.617. The van der Waals surface area contributed by atoms with Crippen LogP contribution in [0.15, 0.2) is 206 Å². The van der Waals surface area contributed by atoms with Gasteiger partial charge < -0.3 is 9.47 Å². The highest BCUT2D eigenvalue weighted by Gasteiger charge is 2.19. The molecule has 0 amide bonds. The molecule has 1 aromatic heterocycles. The molecule has 0 fully saturated rings. The van der Waals surface area contributed by atoms with Crippen LogP contribution in [0, 0.1) is 0 Å². The van der Waals surface area contributed by atoms with Crippen molar-refractivity contribution < 1.29 is 28.8 Å². The van der Waals surface area contributed by atoms with Crippen molar-refractivity contribution in [2.45, 2.75) is 0 Å². The molecule has 236 valence electrons. The number of hydrogen-bond donors (Lipinski definition) is 0. The summed E-state index contributed by atoms with van der Waals surface area (Å²) in [5.41, 5.74) is -3.31. The number of fused-ring (bicyclic) bond motifs is 3. The van der Waals surface area contributed by atoms with Gasteiger partial charge in [0.05, 0.1) is 45.5 Å². The Kier molecular flexibility index (Phi) is 3.79. The van der Waals surface area contributed by atoms with Gasteiger partial charge in [0.15, 0.2) is 0 Å². The molecule has 0 aliphatic heterocycles. The van der Waals surface area contributed by atoms with E-state index >= 15 is 0 Å². The van der Waals surface area contributed by atoms with E-state index in [1.54, 1.807) is 18.2 Å². The van der Waals surface area contributed by atoms with Crippen molar-refractivity contribution in [1.29, 1.82) is 0 Å². The predicted molar refractivity (Wildman–Crippen MR) is 212 cm³/mol. The number of hydrogen-bond acceptors (Lipinski definition) is 1. The number of para-hydroxylation sites is 3. The first-order valence-electron chi connectivity index (χ1n) is 25.9. The van der Waals surface area contributed by atoms with E-state index in [-0.39, 0.29) is 11.1 Å². The topological polar surface area (TPSA) is 8.17 Å². The van der Waals surface area contributed by atoms with E-state index in [1.165, 1.54) is 0 Å². The predicted octanol–water partition coefficient (Wildman–Crippen LogP) is 13.3. The minimum Gasteiger partial charge on any atom is -0.310 e.